The lowest BCUT2D eigenvalue weighted by Gasteiger charge is -2.05. The number of hydrogen-bond acceptors (Lipinski definition) is 8. The lowest BCUT2D eigenvalue weighted by molar-refractivity contribution is -0.394. The fraction of sp³-hybridized carbons (Fsp3) is 0. The van der Waals surface area contributed by atoms with Crippen LogP contribution in [0.4, 0.5) is 16.2 Å². The van der Waals surface area contributed by atoms with Crippen molar-refractivity contribution in [3.8, 4) is 5.75 Å². The van der Waals surface area contributed by atoms with Crippen molar-refractivity contribution in [1.82, 2.24) is 5.43 Å². The van der Waals surface area contributed by atoms with Crippen LogP contribution in [0.3, 0.4) is 0 Å². The molecule has 0 aliphatic carbocycles. The Balaban J connectivity index is 2.24. The normalized spacial score (nSPS) is 10.4. The van der Waals surface area contributed by atoms with E-state index in [1.54, 1.807) is 6.07 Å². The van der Waals surface area contributed by atoms with Crippen molar-refractivity contribution in [2.75, 3.05) is 0 Å². The number of esters is 1. The number of rotatable bonds is 6. The molecule has 0 saturated heterocycles. The zero-order chi connectivity index (χ0) is 20.0. The summed E-state index contributed by atoms with van der Waals surface area (Å²) >= 11 is 0. The predicted molar refractivity (Wildman–Crippen MR) is 91.5 cm³/mol. The third-order valence-electron chi connectivity index (χ3n) is 3.02. The predicted octanol–water partition coefficient (Wildman–Crippen LogP) is 1.72. The Labute approximate surface area is 150 Å². The number of carbonyl (C=O) groups excluding carboxylic acids is 2. The van der Waals surface area contributed by atoms with Gasteiger partial charge in [-0.15, -0.1) is 0 Å². The van der Waals surface area contributed by atoms with Gasteiger partial charge < -0.3 is 10.5 Å². The molecule has 0 fully saturated rings. The Morgan fingerprint density at radius 1 is 1.07 bits per heavy atom. The molecule has 2 aromatic rings. The molecule has 12 nitrogen and oxygen atoms in total. The fourth-order valence-electron chi connectivity index (χ4n) is 1.92. The van der Waals surface area contributed by atoms with E-state index in [2.05, 4.69) is 5.10 Å². The van der Waals surface area contributed by atoms with E-state index in [0.29, 0.717) is 5.56 Å². The minimum absolute atomic E-state index is 0.0529. The third kappa shape index (κ3) is 5.32. The monoisotopic (exact) mass is 373 g/mol. The van der Waals surface area contributed by atoms with Gasteiger partial charge in [0.25, 0.3) is 11.4 Å². The molecule has 0 spiro atoms. The lowest BCUT2D eigenvalue weighted by atomic mass is 10.1. The molecule has 138 valence electrons. The summed E-state index contributed by atoms with van der Waals surface area (Å²) in [6, 6.07) is 7.53. The van der Waals surface area contributed by atoms with Crippen LogP contribution in [-0.2, 0) is 0 Å². The van der Waals surface area contributed by atoms with Crippen molar-refractivity contribution >= 4 is 29.6 Å². The van der Waals surface area contributed by atoms with Crippen molar-refractivity contribution in [3.63, 3.8) is 0 Å². The maximum absolute atomic E-state index is 12.2. The van der Waals surface area contributed by atoms with Gasteiger partial charge in [0.1, 0.15) is 5.75 Å². The van der Waals surface area contributed by atoms with Crippen LogP contribution >= 0.6 is 0 Å². The van der Waals surface area contributed by atoms with Gasteiger partial charge in [-0.1, -0.05) is 12.1 Å². The number of benzene rings is 2. The van der Waals surface area contributed by atoms with Gasteiger partial charge in [-0.2, -0.15) is 5.10 Å². The zero-order valence-electron chi connectivity index (χ0n) is 13.4. The molecule has 0 bridgehead atoms. The van der Waals surface area contributed by atoms with Gasteiger partial charge in [0, 0.05) is 12.1 Å². The van der Waals surface area contributed by atoms with E-state index >= 15 is 0 Å². The molecule has 0 saturated carbocycles. The molecule has 2 aromatic carbocycles. The lowest BCUT2D eigenvalue weighted by Crippen LogP contribution is -2.24. The van der Waals surface area contributed by atoms with Crippen LogP contribution in [0.1, 0.15) is 15.9 Å². The van der Waals surface area contributed by atoms with Gasteiger partial charge >= 0.3 is 12.0 Å². The Bertz CT molecular complexity index is 925. The van der Waals surface area contributed by atoms with E-state index in [0.717, 1.165) is 18.2 Å². The van der Waals surface area contributed by atoms with E-state index in [9.17, 15) is 29.8 Å². The Hall–Kier alpha value is -4.35. The average molecular weight is 373 g/mol. The van der Waals surface area contributed by atoms with E-state index in [1.807, 2.05) is 5.43 Å². The van der Waals surface area contributed by atoms with Crippen LogP contribution in [0.5, 0.6) is 5.75 Å². The van der Waals surface area contributed by atoms with Crippen LogP contribution in [0.15, 0.2) is 47.6 Å². The number of amides is 2. The summed E-state index contributed by atoms with van der Waals surface area (Å²) in [5.41, 5.74) is 5.70. The van der Waals surface area contributed by atoms with Crippen molar-refractivity contribution in [1.29, 1.82) is 0 Å². The first-order chi connectivity index (χ1) is 12.8. The molecule has 3 N–H and O–H groups in total. The molecule has 2 amide bonds. The van der Waals surface area contributed by atoms with Gasteiger partial charge in [0.2, 0.25) is 0 Å². The van der Waals surface area contributed by atoms with Crippen LogP contribution in [-0.4, -0.2) is 28.1 Å². The molecular formula is C15H11N5O7. The maximum Gasteiger partial charge on any atom is 0.344 e. The molecule has 0 unspecified atom stereocenters. The van der Waals surface area contributed by atoms with E-state index in [4.69, 9.17) is 10.5 Å². The average Bonchev–Trinajstić information content (AvgIpc) is 2.61. The van der Waals surface area contributed by atoms with Crippen molar-refractivity contribution < 1.29 is 24.2 Å². The number of non-ortho nitro benzene ring substituents is 2. The number of nitrogens with zero attached hydrogens (tertiary/aromatic N) is 3. The van der Waals surface area contributed by atoms with Gasteiger partial charge in [0.05, 0.1) is 27.7 Å². The second-order valence-corrected chi connectivity index (χ2v) is 4.95. The molecule has 0 aliphatic heterocycles. The van der Waals surface area contributed by atoms with E-state index in [1.165, 1.54) is 24.4 Å². The van der Waals surface area contributed by atoms with Gasteiger partial charge in [-0.05, 0) is 17.7 Å². The topological polar surface area (TPSA) is 180 Å². The summed E-state index contributed by atoms with van der Waals surface area (Å²) in [6.45, 7) is 0. The quantitative estimate of drug-likeness (QED) is 0.254. The molecule has 0 heterocycles. The van der Waals surface area contributed by atoms with Crippen LogP contribution in [0.2, 0.25) is 0 Å². The van der Waals surface area contributed by atoms with E-state index < -0.39 is 33.2 Å². The Morgan fingerprint density at radius 2 is 1.70 bits per heavy atom. The SMILES string of the molecule is NC(=O)NN=Cc1cccc(OC(=O)c2cc([N+](=O)[O-])cc([N+](=O)[O-])c2)c1. The highest BCUT2D eigenvalue weighted by Gasteiger charge is 2.21. The van der Waals surface area contributed by atoms with Gasteiger partial charge in [-0.3, -0.25) is 20.2 Å². The number of nitrogens with two attached hydrogens (primary N) is 1. The second kappa shape index (κ2) is 8.15. The number of nitro benzene ring substituents is 2. The van der Waals surface area contributed by atoms with Crippen LogP contribution < -0.4 is 15.9 Å². The molecule has 0 radical (unpaired) electrons. The number of nitro groups is 2. The van der Waals surface area contributed by atoms with Crippen LogP contribution in [0, 0.1) is 20.2 Å². The molecule has 0 aromatic heterocycles. The largest absolute Gasteiger partial charge is 0.423 e. The molecule has 2 rings (SSSR count). The number of nitrogens with one attached hydrogen (secondary N) is 1. The smallest absolute Gasteiger partial charge is 0.344 e. The zero-order valence-corrected chi connectivity index (χ0v) is 13.4. The highest BCUT2D eigenvalue weighted by molar-refractivity contribution is 5.93. The standard InChI is InChI=1S/C15H11N5O7/c16-15(22)18-17-8-9-2-1-3-13(4-9)27-14(21)10-5-11(19(23)24)7-12(6-10)20(25)26/h1-8H,(H3,16,18,22). The fourth-order valence-corrected chi connectivity index (χ4v) is 1.92. The highest BCUT2D eigenvalue weighted by atomic mass is 16.6. The first-order valence-corrected chi connectivity index (χ1v) is 7.11. The summed E-state index contributed by atoms with van der Waals surface area (Å²) in [7, 11) is 0. The minimum Gasteiger partial charge on any atom is -0.423 e. The molecule has 0 aliphatic rings. The van der Waals surface area contributed by atoms with Crippen molar-refractivity contribution in [3.05, 3.63) is 73.8 Å². The third-order valence-corrected chi connectivity index (χ3v) is 3.02. The second-order valence-electron chi connectivity index (χ2n) is 4.95. The van der Waals surface area contributed by atoms with Gasteiger partial charge in [-0.25, -0.2) is 15.0 Å². The summed E-state index contributed by atoms with van der Waals surface area (Å²) < 4.78 is 5.08. The van der Waals surface area contributed by atoms with Crippen LogP contribution in [0.25, 0.3) is 0 Å². The number of hydrazone groups is 1. The first kappa shape index (κ1) is 19.0. The van der Waals surface area contributed by atoms with Crippen molar-refractivity contribution in [2.24, 2.45) is 10.8 Å². The summed E-state index contributed by atoms with van der Waals surface area (Å²) in [6.07, 6.45) is 1.24. The maximum atomic E-state index is 12.2. The summed E-state index contributed by atoms with van der Waals surface area (Å²) in [5.74, 6) is -0.969. The van der Waals surface area contributed by atoms with Crippen molar-refractivity contribution in [2.45, 2.75) is 0 Å². The molecule has 27 heavy (non-hydrogen) atoms. The molecule has 12 heteroatoms. The molecular weight excluding hydrogens is 362 g/mol. The minimum atomic E-state index is -1.02. The molecule has 0 atom stereocenters. The Morgan fingerprint density at radius 3 is 2.26 bits per heavy atom. The number of carbonyl (C=O) groups is 2. The van der Waals surface area contributed by atoms with E-state index in [-0.39, 0.29) is 11.3 Å². The van der Waals surface area contributed by atoms with Gasteiger partial charge in [0.15, 0.2) is 0 Å². The number of primary amides is 1. The summed E-state index contributed by atoms with van der Waals surface area (Å²) in [4.78, 5) is 42.8. The summed E-state index contributed by atoms with van der Waals surface area (Å²) in [5, 5.41) is 25.3. The highest BCUT2D eigenvalue weighted by Crippen LogP contribution is 2.24. The number of hydrogen-bond donors (Lipinski definition) is 2. The number of ether oxygens (including phenoxy) is 1. The Kier molecular flexibility index (Phi) is 5.73. The number of urea groups is 1. The first-order valence-electron chi connectivity index (χ1n) is 7.11.